The summed E-state index contributed by atoms with van der Waals surface area (Å²) in [7, 11) is 1.50. The van der Waals surface area contributed by atoms with Gasteiger partial charge in [-0.15, -0.1) is 0 Å². The van der Waals surface area contributed by atoms with Crippen LogP contribution in [0.15, 0.2) is 23.0 Å². The zero-order valence-electron chi connectivity index (χ0n) is 10.1. The number of nitrogens with zero attached hydrogens (tertiary/aromatic N) is 2. The molecule has 6 heteroatoms. The van der Waals surface area contributed by atoms with E-state index in [0.29, 0.717) is 18.0 Å². The van der Waals surface area contributed by atoms with E-state index in [1.807, 2.05) is 0 Å². The van der Waals surface area contributed by atoms with Crippen molar-refractivity contribution in [2.75, 3.05) is 7.11 Å². The van der Waals surface area contributed by atoms with Crippen molar-refractivity contribution in [1.29, 1.82) is 0 Å². The van der Waals surface area contributed by atoms with Crippen molar-refractivity contribution in [3.05, 3.63) is 34.1 Å². The smallest absolute Gasteiger partial charge is 0.258 e. The number of hydrogen-bond acceptors (Lipinski definition) is 5. The van der Waals surface area contributed by atoms with Crippen molar-refractivity contribution >= 4 is 0 Å². The first-order valence-electron chi connectivity index (χ1n) is 5.49. The molecule has 0 aliphatic carbocycles. The first kappa shape index (κ1) is 12.1. The van der Waals surface area contributed by atoms with Crippen LogP contribution in [0.1, 0.15) is 12.5 Å². The van der Waals surface area contributed by atoms with Crippen LogP contribution in [-0.2, 0) is 6.42 Å². The molecule has 0 fully saturated rings. The molecule has 0 saturated carbocycles. The molecule has 6 nitrogen and oxygen atoms in total. The maximum atomic E-state index is 11.7. The highest BCUT2D eigenvalue weighted by atomic mass is 16.5. The number of ether oxygens (including phenoxy) is 1. The van der Waals surface area contributed by atoms with Gasteiger partial charge in [-0.3, -0.25) is 4.79 Å². The number of aromatic nitrogens is 3. The first-order valence-corrected chi connectivity index (χ1v) is 5.49. The molecule has 2 heterocycles. The highest BCUT2D eigenvalue weighted by Gasteiger charge is 2.11. The predicted molar refractivity (Wildman–Crippen MR) is 65.7 cm³/mol. The largest absolute Gasteiger partial charge is 0.493 e. The summed E-state index contributed by atoms with van der Waals surface area (Å²) in [5.74, 6) is 0.365. The lowest BCUT2D eigenvalue weighted by molar-refractivity contribution is 0.398. The van der Waals surface area contributed by atoms with Crippen LogP contribution in [0.5, 0.6) is 11.8 Å². The minimum Gasteiger partial charge on any atom is -0.493 e. The van der Waals surface area contributed by atoms with Gasteiger partial charge in [-0.2, -0.15) is 4.98 Å². The predicted octanol–water partition coefficient (Wildman–Crippen LogP) is 1.11. The SMILES string of the molecule is CCc1c(O)nc(-c2cccc(OC)n2)[nH]c1=O. The maximum absolute atomic E-state index is 11.7. The molecule has 0 saturated heterocycles. The zero-order valence-corrected chi connectivity index (χ0v) is 10.1. The Labute approximate surface area is 103 Å². The van der Waals surface area contributed by atoms with Crippen molar-refractivity contribution in [1.82, 2.24) is 15.0 Å². The normalized spacial score (nSPS) is 10.3. The first-order chi connectivity index (χ1) is 8.65. The molecule has 0 aromatic carbocycles. The lowest BCUT2D eigenvalue weighted by atomic mass is 10.2. The van der Waals surface area contributed by atoms with Crippen molar-refractivity contribution in [3.63, 3.8) is 0 Å². The molecule has 0 bridgehead atoms. The Morgan fingerprint density at radius 1 is 1.39 bits per heavy atom. The Balaban J connectivity index is 2.54. The molecule has 0 spiro atoms. The lowest BCUT2D eigenvalue weighted by Crippen LogP contribution is -2.14. The number of methoxy groups -OCH3 is 1. The minimum atomic E-state index is -0.357. The van der Waals surface area contributed by atoms with Crippen LogP contribution in [-0.4, -0.2) is 27.2 Å². The fraction of sp³-hybridized carbons (Fsp3) is 0.250. The Kier molecular flexibility index (Phi) is 3.27. The third-order valence-electron chi connectivity index (χ3n) is 2.52. The number of aromatic hydroxyl groups is 1. The monoisotopic (exact) mass is 247 g/mol. The molecule has 0 radical (unpaired) electrons. The molecule has 2 N–H and O–H groups in total. The number of nitrogens with one attached hydrogen (secondary N) is 1. The van der Waals surface area contributed by atoms with E-state index in [1.165, 1.54) is 7.11 Å². The number of aromatic amines is 1. The summed E-state index contributed by atoms with van der Waals surface area (Å²) in [6.45, 7) is 1.77. The van der Waals surface area contributed by atoms with Crippen molar-refractivity contribution in [3.8, 4) is 23.3 Å². The van der Waals surface area contributed by atoms with E-state index in [0.717, 1.165) is 0 Å². The molecule has 0 atom stereocenters. The van der Waals surface area contributed by atoms with E-state index in [4.69, 9.17) is 4.74 Å². The third kappa shape index (κ3) is 2.17. The van der Waals surface area contributed by atoms with Crippen LogP contribution in [0.3, 0.4) is 0 Å². The molecule has 0 aliphatic rings. The fourth-order valence-corrected chi connectivity index (χ4v) is 1.59. The van der Waals surface area contributed by atoms with Gasteiger partial charge in [0.15, 0.2) is 5.82 Å². The summed E-state index contributed by atoms with van der Waals surface area (Å²) < 4.78 is 4.99. The average Bonchev–Trinajstić information content (AvgIpc) is 2.38. The van der Waals surface area contributed by atoms with Gasteiger partial charge in [0.1, 0.15) is 5.69 Å². The number of pyridine rings is 1. The fourth-order valence-electron chi connectivity index (χ4n) is 1.59. The van der Waals surface area contributed by atoms with E-state index >= 15 is 0 Å². The number of hydrogen-bond donors (Lipinski definition) is 2. The van der Waals surface area contributed by atoms with Gasteiger partial charge >= 0.3 is 0 Å². The van der Waals surface area contributed by atoms with Crippen molar-refractivity contribution < 1.29 is 9.84 Å². The van der Waals surface area contributed by atoms with Crippen LogP contribution < -0.4 is 10.3 Å². The average molecular weight is 247 g/mol. The van der Waals surface area contributed by atoms with Gasteiger partial charge in [-0.1, -0.05) is 13.0 Å². The van der Waals surface area contributed by atoms with Gasteiger partial charge in [0, 0.05) is 6.07 Å². The van der Waals surface area contributed by atoms with Gasteiger partial charge in [0.25, 0.3) is 5.56 Å². The van der Waals surface area contributed by atoms with Gasteiger partial charge in [-0.25, -0.2) is 4.98 Å². The third-order valence-corrected chi connectivity index (χ3v) is 2.52. The molecule has 2 aromatic rings. The summed E-state index contributed by atoms with van der Waals surface area (Å²) in [6.07, 6.45) is 0.417. The second kappa shape index (κ2) is 4.87. The van der Waals surface area contributed by atoms with E-state index < -0.39 is 0 Å². The molecule has 2 rings (SSSR count). The van der Waals surface area contributed by atoms with Gasteiger partial charge in [0.05, 0.1) is 12.7 Å². The Hall–Kier alpha value is -2.37. The molecule has 0 unspecified atom stereocenters. The van der Waals surface area contributed by atoms with Gasteiger partial charge < -0.3 is 14.8 Å². The second-order valence-electron chi connectivity index (χ2n) is 3.64. The van der Waals surface area contributed by atoms with Crippen LogP contribution in [0.25, 0.3) is 11.5 Å². The molecular weight excluding hydrogens is 234 g/mol. The summed E-state index contributed by atoms with van der Waals surface area (Å²) in [4.78, 5) is 22.4. The van der Waals surface area contributed by atoms with Crippen LogP contribution in [0.4, 0.5) is 0 Å². The molecule has 0 amide bonds. The van der Waals surface area contributed by atoms with E-state index in [-0.39, 0.29) is 22.8 Å². The quantitative estimate of drug-likeness (QED) is 0.848. The molecule has 18 heavy (non-hydrogen) atoms. The second-order valence-corrected chi connectivity index (χ2v) is 3.64. The topological polar surface area (TPSA) is 88.1 Å². The summed E-state index contributed by atoms with van der Waals surface area (Å²) >= 11 is 0. The highest BCUT2D eigenvalue weighted by Crippen LogP contribution is 2.18. The Bertz CT molecular complexity index is 622. The highest BCUT2D eigenvalue weighted by molar-refractivity contribution is 5.51. The summed E-state index contributed by atoms with van der Waals surface area (Å²) in [5, 5.41) is 9.67. The van der Waals surface area contributed by atoms with E-state index in [1.54, 1.807) is 25.1 Å². The van der Waals surface area contributed by atoms with Crippen molar-refractivity contribution in [2.45, 2.75) is 13.3 Å². The van der Waals surface area contributed by atoms with E-state index in [9.17, 15) is 9.90 Å². The van der Waals surface area contributed by atoms with Gasteiger partial charge in [0.2, 0.25) is 11.8 Å². The Morgan fingerprint density at radius 3 is 2.78 bits per heavy atom. The van der Waals surface area contributed by atoms with Gasteiger partial charge in [-0.05, 0) is 12.5 Å². The number of H-pyrrole nitrogens is 1. The molecule has 94 valence electrons. The summed E-state index contributed by atoms with van der Waals surface area (Å²) in [6, 6.07) is 5.08. The van der Waals surface area contributed by atoms with Crippen molar-refractivity contribution in [2.24, 2.45) is 0 Å². The maximum Gasteiger partial charge on any atom is 0.258 e. The van der Waals surface area contributed by atoms with E-state index in [2.05, 4.69) is 15.0 Å². The molecule has 0 aliphatic heterocycles. The Morgan fingerprint density at radius 2 is 2.17 bits per heavy atom. The zero-order chi connectivity index (χ0) is 13.1. The van der Waals surface area contributed by atoms with Crippen LogP contribution in [0, 0.1) is 0 Å². The van der Waals surface area contributed by atoms with Crippen LogP contribution in [0.2, 0.25) is 0 Å². The lowest BCUT2D eigenvalue weighted by Gasteiger charge is -2.05. The summed E-state index contributed by atoms with van der Waals surface area (Å²) in [5.41, 5.74) is 0.343. The van der Waals surface area contributed by atoms with Crippen LogP contribution >= 0.6 is 0 Å². The molecular formula is C12H13N3O3. The molecule has 2 aromatic heterocycles. The minimum absolute atomic E-state index is 0.216. The number of rotatable bonds is 3. The standard InChI is InChI=1S/C12H13N3O3/c1-3-7-11(16)14-10(15-12(7)17)8-5-4-6-9(13-8)18-2/h4-6H,3H2,1-2H3,(H2,14,15,16,17).